The standard InChI is InChI=1S/C20H19F3N4O/c1-2-27-17(25-16-4-3-10-24-18(16)27)14-9-11-26(12-14)19(28)13-5-7-15(8-6-13)20(21,22)23/h3-8,10,14H,2,9,11-12H2,1H3. The van der Waals surface area contributed by atoms with Crippen molar-refractivity contribution in [3.8, 4) is 0 Å². The van der Waals surface area contributed by atoms with Crippen LogP contribution >= 0.6 is 0 Å². The van der Waals surface area contributed by atoms with Crippen LogP contribution < -0.4 is 0 Å². The van der Waals surface area contributed by atoms with E-state index in [4.69, 9.17) is 4.98 Å². The summed E-state index contributed by atoms with van der Waals surface area (Å²) >= 11 is 0. The first-order chi connectivity index (χ1) is 13.4. The Morgan fingerprint density at radius 2 is 1.96 bits per heavy atom. The van der Waals surface area contributed by atoms with E-state index in [1.807, 2.05) is 19.1 Å². The van der Waals surface area contributed by atoms with Gasteiger partial charge < -0.3 is 9.47 Å². The van der Waals surface area contributed by atoms with E-state index in [0.29, 0.717) is 13.1 Å². The second-order valence-corrected chi connectivity index (χ2v) is 6.87. The highest BCUT2D eigenvalue weighted by atomic mass is 19.4. The Balaban J connectivity index is 1.53. The molecule has 3 aromatic rings. The monoisotopic (exact) mass is 388 g/mol. The molecule has 2 aromatic heterocycles. The predicted molar refractivity (Wildman–Crippen MR) is 97.9 cm³/mol. The summed E-state index contributed by atoms with van der Waals surface area (Å²) in [5.41, 5.74) is 1.16. The quantitative estimate of drug-likeness (QED) is 0.679. The van der Waals surface area contributed by atoms with Crippen molar-refractivity contribution >= 4 is 17.1 Å². The first-order valence-electron chi connectivity index (χ1n) is 9.16. The van der Waals surface area contributed by atoms with Crippen molar-refractivity contribution in [3.05, 3.63) is 59.5 Å². The van der Waals surface area contributed by atoms with Gasteiger partial charge in [-0.05, 0) is 49.7 Å². The fourth-order valence-electron chi connectivity index (χ4n) is 3.74. The number of carbonyl (C=O) groups excluding carboxylic acids is 1. The molecular weight excluding hydrogens is 369 g/mol. The average Bonchev–Trinajstić information content (AvgIpc) is 3.31. The minimum Gasteiger partial charge on any atom is -0.338 e. The third-order valence-electron chi connectivity index (χ3n) is 5.15. The number of aromatic nitrogens is 3. The van der Waals surface area contributed by atoms with E-state index in [-0.39, 0.29) is 17.4 Å². The highest BCUT2D eigenvalue weighted by Gasteiger charge is 2.33. The highest BCUT2D eigenvalue weighted by Crippen LogP contribution is 2.31. The summed E-state index contributed by atoms with van der Waals surface area (Å²) in [6.07, 6.45) is -1.92. The number of rotatable bonds is 3. The van der Waals surface area contributed by atoms with Gasteiger partial charge in [0.15, 0.2) is 5.65 Å². The molecule has 3 heterocycles. The number of hydrogen-bond donors (Lipinski definition) is 0. The second-order valence-electron chi connectivity index (χ2n) is 6.87. The van der Waals surface area contributed by atoms with E-state index in [1.54, 1.807) is 11.1 Å². The van der Waals surface area contributed by atoms with E-state index < -0.39 is 11.7 Å². The van der Waals surface area contributed by atoms with Gasteiger partial charge >= 0.3 is 6.18 Å². The van der Waals surface area contributed by atoms with Gasteiger partial charge in [0.2, 0.25) is 0 Å². The Kier molecular flexibility index (Phi) is 4.56. The molecule has 1 amide bonds. The van der Waals surface area contributed by atoms with E-state index in [2.05, 4.69) is 9.55 Å². The number of carbonyl (C=O) groups is 1. The maximum atomic E-state index is 12.7. The summed E-state index contributed by atoms with van der Waals surface area (Å²) in [5.74, 6) is 0.722. The number of halogens is 3. The van der Waals surface area contributed by atoms with Crippen LogP contribution in [0.5, 0.6) is 0 Å². The SMILES string of the molecule is CCn1c(C2CCN(C(=O)c3ccc(C(F)(F)F)cc3)C2)nc2cccnc21. The van der Waals surface area contributed by atoms with Crippen LogP contribution in [-0.4, -0.2) is 38.4 Å². The minimum atomic E-state index is -4.41. The molecule has 0 aliphatic carbocycles. The van der Waals surface area contributed by atoms with Gasteiger partial charge in [0.05, 0.1) is 5.56 Å². The maximum absolute atomic E-state index is 12.7. The molecule has 28 heavy (non-hydrogen) atoms. The zero-order chi connectivity index (χ0) is 19.9. The predicted octanol–water partition coefficient (Wildman–Crippen LogP) is 4.10. The molecule has 1 unspecified atom stereocenters. The maximum Gasteiger partial charge on any atom is 0.416 e. The zero-order valence-corrected chi connectivity index (χ0v) is 15.3. The molecule has 1 aliphatic heterocycles. The van der Waals surface area contributed by atoms with Gasteiger partial charge in [-0.1, -0.05) is 0 Å². The molecular formula is C20H19F3N4O. The molecule has 4 rings (SSSR count). The Bertz CT molecular complexity index is 1010. The number of nitrogens with zero attached hydrogens (tertiary/aromatic N) is 4. The molecule has 0 bridgehead atoms. The summed E-state index contributed by atoms with van der Waals surface area (Å²) in [6, 6.07) is 8.13. The molecule has 0 N–H and O–H groups in total. The summed E-state index contributed by atoms with van der Waals surface area (Å²) in [7, 11) is 0. The Hall–Kier alpha value is -2.90. The third-order valence-corrected chi connectivity index (χ3v) is 5.15. The van der Waals surface area contributed by atoms with Gasteiger partial charge in [-0.3, -0.25) is 4.79 Å². The van der Waals surface area contributed by atoms with Crippen molar-refractivity contribution in [1.82, 2.24) is 19.4 Å². The number of pyridine rings is 1. The van der Waals surface area contributed by atoms with Crippen LogP contribution in [-0.2, 0) is 12.7 Å². The molecule has 1 atom stereocenters. The zero-order valence-electron chi connectivity index (χ0n) is 15.3. The van der Waals surface area contributed by atoms with Gasteiger partial charge in [-0.2, -0.15) is 13.2 Å². The molecule has 0 saturated carbocycles. The molecule has 1 aromatic carbocycles. The van der Waals surface area contributed by atoms with E-state index >= 15 is 0 Å². The molecule has 0 spiro atoms. The Morgan fingerprint density at radius 3 is 2.64 bits per heavy atom. The fourth-order valence-corrected chi connectivity index (χ4v) is 3.74. The van der Waals surface area contributed by atoms with Gasteiger partial charge in [0.1, 0.15) is 11.3 Å². The van der Waals surface area contributed by atoms with Crippen molar-refractivity contribution in [2.45, 2.75) is 32.0 Å². The van der Waals surface area contributed by atoms with Crippen LogP contribution in [0.15, 0.2) is 42.6 Å². The van der Waals surface area contributed by atoms with Gasteiger partial charge in [0.25, 0.3) is 5.91 Å². The molecule has 1 fully saturated rings. The first kappa shape index (κ1) is 18.5. The molecule has 8 heteroatoms. The van der Waals surface area contributed by atoms with Crippen LogP contribution in [0.1, 0.15) is 41.0 Å². The minimum absolute atomic E-state index is 0.0764. The fraction of sp³-hybridized carbons (Fsp3) is 0.350. The number of alkyl halides is 3. The number of hydrogen-bond acceptors (Lipinski definition) is 3. The van der Waals surface area contributed by atoms with Crippen LogP contribution in [0.3, 0.4) is 0 Å². The second kappa shape index (κ2) is 6.92. The number of imidazole rings is 1. The summed E-state index contributed by atoms with van der Waals surface area (Å²) < 4.78 is 40.2. The highest BCUT2D eigenvalue weighted by molar-refractivity contribution is 5.94. The Labute approximate surface area is 159 Å². The number of fused-ring (bicyclic) bond motifs is 1. The third kappa shape index (κ3) is 3.23. The van der Waals surface area contributed by atoms with E-state index in [1.165, 1.54) is 12.1 Å². The van der Waals surface area contributed by atoms with Crippen LogP contribution in [0.25, 0.3) is 11.2 Å². The first-order valence-corrected chi connectivity index (χ1v) is 9.16. The number of benzene rings is 1. The van der Waals surface area contributed by atoms with Crippen molar-refractivity contribution < 1.29 is 18.0 Å². The molecule has 1 saturated heterocycles. The van der Waals surface area contributed by atoms with Gasteiger partial charge in [0, 0.05) is 37.3 Å². The lowest BCUT2D eigenvalue weighted by atomic mass is 10.1. The lowest BCUT2D eigenvalue weighted by Gasteiger charge is -2.17. The number of likely N-dealkylation sites (tertiary alicyclic amines) is 1. The number of aryl methyl sites for hydroxylation is 1. The lowest BCUT2D eigenvalue weighted by molar-refractivity contribution is -0.137. The van der Waals surface area contributed by atoms with Crippen molar-refractivity contribution in [1.29, 1.82) is 0 Å². The van der Waals surface area contributed by atoms with Crippen LogP contribution in [0, 0.1) is 0 Å². The van der Waals surface area contributed by atoms with E-state index in [0.717, 1.165) is 42.1 Å². The molecule has 5 nitrogen and oxygen atoms in total. The number of amides is 1. The van der Waals surface area contributed by atoms with E-state index in [9.17, 15) is 18.0 Å². The lowest BCUT2D eigenvalue weighted by Crippen LogP contribution is -2.28. The molecule has 1 aliphatic rings. The normalized spacial score (nSPS) is 17.4. The van der Waals surface area contributed by atoms with Crippen LogP contribution in [0.4, 0.5) is 13.2 Å². The van der Waals surface area contributed by atoms with Crippen LogP contribution in [0.2, 0.25) is 0 Å². The average molecular weight is 388 g/mol. The smallest absolute Gasteiger partial charge is 0.338 e. The van der Waals surface area contributed by atoms with Gasteiger partial charge in [-0.15, -0.1) is 0 Å². The van der Waals surface area contributed by atoms with Crippen molar-refractivity contribution in [2.24, 2.45) is 0 Å². The van der Waals surface area contributed by atoms with Crippen molar-refractivity contribution in [2.75, 3.05) is 13.1 Å². The van der Waals surface area contributed by atoms with Crippen molar-refractivity contribution in [3.63, 3.8) is 0 Å². The molecule has 146 valence electrons. The largest absolute Gasteiger partial charge is 0.416 e. The summed E-state index contributed by atoms with van der Waals surface area (Å²) in [6.45, 7) is 3.79. The summed E-state index contributed by atoms with van der Waals surface area (Å²) in [5, 5.41) is 0. The van der Waals surface area contributed by atoms with Gasteiger partial charge in [-0.25, -0.2) is 9.97 Å². The molecule has 0 radical (unpaired) electrons. The summed E-state index contributed by atoms with van der Waals surface area (Å²) in [4.78, 5) is 23.5. The Morgan fingerprint density at radius 1 is 1.21 bits per heavy atom. The topological polar surface area (TPSA) is 51.0 Å².